The molecule has 0 amide bonds. The van der Waals surface area contributed by atoms with Crippen LogP contribution in [0, 0.1) is 0 Å². The van der Waals surface area contributed by atoms with E-state index in [2.05, 4.69) is 20.8 Å². The molecule has 0 aliphatic rings. The zero-order valence-electron chi connectivity index (χ0n) is 9.30. The van der Waals surface area contributed by atoms with Crippen LogP contribution in [0.25, 0.3) is 6.08 Å². The van der Waals surface area contributed by atoms with Crippen molar-refractivity contribution in [2.75, 3.05) is 0 Å². The van der Waals surface area contributed by atoms with Crippen LogP contribution >= 0.6 is 0 Å². The van der Waals surface area contributed by atoms with Crippen molar-refractivity contribution in [3.63, 3.8) is 0 Å². The molecule has 0 N–H and O–H groups in total. The highest BCUT2D eigenvalue weighted by Crippen LogP contribution is 2.22. The highest BCUT2D eigenvalue weighted by molar-refractivity contribution is 5.50. The Balaban J connectivity index is 2.82. The molecule has 1 aromatic rings. The molecule has 0 atom stereocenters. The average molecular weight is 210 g/mol. The zero-order valence-corrected chi connectivity index (χ0v) is 9.30. The highest BCUT2D eigenvalue weighted by atomic mass is 19.3. The molecule has 0 aliphatic heterocycles. The Kier molecular flexibility index (Phi) is 3.61. The number of rotatable bonds is 2. The van der Waals surface area contributed by atoms with Crippen molar-refractivity contribution in [2.24, 2.45) is 0 Å². The molecule has 1 rings (SSSR count). The van der Waals surface area contributed by atoms with Crippen LogP contribution in [0.15, 0.2) is 30.3 Å². The van der Waals surface area contributed by atoms with E-state index in [0.717, 1.165) is 11.6 Å². The topological polar surface area (TPSA) is 0 Å². The summed E-state index contributed by atoms with van der Waals surface area (Å²) in [6, 6.07) is 7.68. The van der Waals surface area contributed by atoms with E-state index in [1.54, 1.807) is 0 Å². The fourth-order valence-corrected chi connectivity index (χ4v) is 1.28. The first-order chi connectivity index (χ1) is 6.89. The van der Waals surface area contributed by atoms with Gasteiger partial charge in [-0.15, -0.1) is 0 Å². The fourth-order valence-electron chi connectivity index (χ4n) is 1.28. The molecule has 82 valence electrons. The van der Waals surface area contributed by atoms with Crippen LogP contribution < -0.4 is 0 Å². The summed E-state index contributed by atoms with van der Waals surface area (Å²) < 4.78 is 23.8. The van der Waals surface area contributed by atoms with Gasteiger partial charge in [0, 0.05) is 0 Å². The van der Waals surface area contributed by atoms with Gasteiger partial charge in [0.25, 0.3) is 6.43 Å². The summed E-state index contributed by atoms with van der Waals surface area (Å²) in [6.45, 7) is 6.37. The lowest BCUT2D eigenvalue weighted by molar-refractivity contribution is 0.205. The lowest BCUT2D eigenvalue weighted by Crippen LogP contribution is -2.10. The standard InChI is InChI=1S/C13H16F2/c1-13(2,3)11-7-4-10(5-8-11)6-9-12(14)15/h4-9,12H,1-3H3/b9-6+. The molecule has 15 heavy (non-hydrogen) atoms. The van der Waals surface area contributed by atoms with E-state index in [0.29, 0.717) is 0 Å². The maximum absolute atomic E-state index is 11.9. The maximum Gasteiger partial charge on any atom is 0.257 e. The van der Waals surface area contributed by atoms with Crippen LogP contribution in [0.1, 0.15) is 31.9 Å². The Bertz CT molecular complexity index is 329. The first-order valence-electron chi connectivity index (χ1n) is 4.96. The van der Waals surface area contributed by atoms with Crippen LogP contribution in [0.5, 0.6) is 0 Å². The van der Waals surface area contributed by atoms with E-state index < -0.39 is 6.43 Å². The molecule has 0 radical (unpaired) electrons. The third-order valence-corrected chi connectivity index (χ3v) is 2.21. The summed E-state index contributed by atoms with van der Waals surface area (Å²) in [5.41, 5.74) is 2.12. The molecule has 0 fully saturated rings. The van der Waals surface area contributed by atoms with Crippen LogP contribution in [-0.2, 0) is 5.41 Å². The van der Waals surface area contributed by atoms with Crippen LogP contribution in [-0.4, -0.2) is 6.43 Å². The van der Waals surface area contributed by atoms with Gasteiger partial charge in [-0.2, -0.15) is 0 Å². The Morgan fingerprint density at radius 2 is 1.60 bits per heavy atom. The first-order valence-corrected chi connectivity index (χ1v) is 4.96. The molecular weight excluding hydrogens is 194 g/mol. The predicted octanol–water partition coefficient (Wildman–Crippen LogP) is 4.26. The average Bonchev–Trinajstić information content (AvgIpc) is 2.14. The minimum Gasteiger partial charge on any atom is -0.206 e. The molecule has 0 nitrogen and oxygen atoms in total. The summed E-state index contributed by atoms with van der Waals surface area (Å²) in [6.07, 6.45) is -0.0456. The Morgan fingerprint density at radius 3 is 2.00 bits per heavy atom. The Hall–Kier alpha value is -1.18. The van der Waals surface area contributed by atoms with Crippen molar-refractivity contribution in [1.82, 2.24) is 0 Å². The molecular formula is C13H16F2. The summed E-state index contributed by atoms with van der Waals surface area (Å²) >= 11 is 0. The van der Waals surface area contributed by atoms with Gasteiger partial charge in [-0.1, -0.05) is 51.1 Å². The van der Waals surface area contributed by atoms with Crippen LogP contribution in [0.2, 0.25) is 0 Å². The second-order valence-electron chi connectivity index (χ2n) is 4.57. The van der Waals surface area contributed by atoms with Crippen molar-refractivity contribution >= 4 is 6.08 Å². The summed E-state index contributed by atoms with van der Waals surface area (Å²) in [5.74, 6) is 0. The second-order valence-corrected chi connectivity index (χ2v) is 4.57. The van der Waals surface area contributed by atoms with E-state index in [1.165, 1.54) is 11.6 Å². The second kappa shape index (κ2) is 4.56. The van der Waals surface area contributed by atoms with Gasteiger partial charge in [-0.3, -0.25) is 0 Å². The Labute approximate surface area is 89.6 Å². The van der Waals surface area contributed by atoms with Gasteiger partial charge in [-0.05, 0) is 22.6 Å². The van der Waals surface area contributed by atoms with Crippen molar-refractivity contribution in [3.05, 3.63) is 41.5 Å². The van der Waals surface area contributed by atoms with Crippen molar-refractivity contribution < 1.29 is 8.78 Å². The first kappa shape index (κ1) is 11.9. The van der Waals surface area contributed by atoms with Gasteiger partial charge in [-0.25, -0.2) is 8.78 Å². The van der Waals surface area contributed by atoms with Gasteiger partial charge < -0.3 is 0 Å². The van der Waals surface area contributed by atoms with E-state index in [-0.39, 0.29) is 5.41 Å². The van der Waals surface area contributed by atoms with Crippen LogP contribution in [0.3, 0.4) is 0 Å². The molecule has 0 spiro atoms. The molecule has 0 aromatic heterocycles. The predicted molar refractivity (Wildman–Crippen MR) is 60.2 cm³/mol. The maximum atomic E-state index is 11.9. The van der Waals surface area contributed by atoms with Gasteiger partial charge in [0.15, 0.2) is 0 Å². The third-order valence-electron chi connectivity index (χ3n) is 2.21. The number of hydrogen-bond donors (Lipinski definition) is 0. The van der Waals surface area contributed by atoms with Gasteiger partial charge in [0.2, 0.25) is 0 Å². The fraction of sp³-hybridized carbons (Fsp3) is 0.385. The van der Waals surface area contributed by atoms with Crippen LogP contribution in [0.4, 0.5) is 8.78 Å². The molecule has 0 heterocycles. The lowest BCUT2D eigenvalue weighted by Gasteiger charge is -2.18. The summed E-state index contributed by atoms with van der Waals surface area (Å²) in [7, 11) is 0. The lowest BCUT2D eigenvalue weighted by atomic mass is 9.87. The number of alkyl halides is 2. The van der Waals surface area contributed by atoms with E-state index in [4.69, 9.17) is 0 Å². The minimum atomic E-state index is -2.38. The molecule has 0 saturated heterocycles. The molecule has 2 heteroatoms. The third kappa shape index (κ3) is 3.82. The molecule has 0 aliphatic carbocycles. The van der Waals surface area contributed by atoms with Crippen molar-refractivity contribution in [1.29, 1.82) is 0 Å². The van der Waals surface area contributed by atoms with Gasteiger partial charge in [0.05, 0.1) is 0 Å². The number of allylic oxidation sites excluding steroid dienone is 1. The Morgan fingerprint density at radius 1 is 1.07 bits per heavy atom. The summed E-state index contributed by atoms with van der Waals surface area (Å²) in [4.78, 5) is 0. The number of hydrogen-bond acceptors (Lipinski definition) is 0. The minimum absolute atomic E-state index is 0.102. The molecule has 1 aromatic carbocycles. The smallest absolute Gasteiger partial charge is 0.206 e. The van der Waals surface area contributed by atoms with Crippen molar-refractivity contribution in [3.8, 4) is 0 Å². The monoisotopic (exact) mass is 210 g/mol. The van der Waals surface area contributed by atoms with E-state index in [9.17, 15) is 8.78 Å². The van der Waals surface area contributed by atoms with E-state index in [1.807, 2.05) is 24.3 Å². The largest absolute Gasteiger partial charge is 0.257 e. The van der Waals surface area contributed by atoms with Gasteiger partial charge in [0.1, 0.15) is 0 Å². The quantitative estimate of drug-likeness (QED) is 0.684. The molecule has 0 saturated carbocycles. The molecule has 0 unspecified atom stereocenters. The highest BCUT2D eigenvalue weighted by Gasteiger charge is 2.12. The normalized spacial score (nSPS) is 12.7. The van der Waals surface area contributed by atoms with E-state index >= 15 is 0 Å². The SMILES string of the molecule is CC(C)(C)c1ccc(/C=C/C(F)F)cc1. The number of benzene rings is 1. The van der Waals surface area contributed by atoms with Crippen molar-refractivity contribution in [2.45, 2.75) is 32.6 Å². The van der Waals surface area contributed by atoms with Gasteiger partial charge >= 0.3 is 0 Å². The molecule has 0 bridgehead atoms. The summed E-state index contributed by atoms with van der Waals surface area (Å²) in [5, 5.41) is 0. The zero-order chi connectivity index (χ0) is 11.5. The number of halogens is 2.